The van der Waals surface area contributed by atoms with Crippen LogP contribution in [0.25, 0.3) is 0 Å². The minimum atomic E-state index is -4.64. The highest BCUT2D eigenvalue weighted by atomic mass is 79.9. The van der Waals surface area contributed by atoms with Gasteiger partial charge in [0.2, 0.25) is 0 Å². The molecule has 0 aromatic heterocycles. The fourth-order valence-corrected chi connectivity index (χ4v) is 1.49. The maximum Gasteiger partial charge on any atom is 0.416 e. The van der Waals surface area contributed by atoms with Crippen LogP contribution in [0.1, 0.15) is 15.9 Å². The van der Waals surface area contributed by atoms with Crippen molar-refractivity contribution >= 4 is 33.6 Å². The van der Waals surface area contributed by atoms with Gasteiger partial charge in [0.15, 0.2) is 0 Å². The molecule has 9 heteroatoms. The summed E-state index contributed by atoms with van der Waals surface area (Å²) in [7, 11) is 0. The molecule has 1 rings (SSSR count). The summed E-state index contributed by atoms with van der Waals surface area (Å²) in [6, 6.07) is 1.13. The molecule has 1 aromatic carbocycles. The van der Waals surface area contributed by atoms with Crippen LogP contribution in [0.15, 0.2) is 29.3 Å². The molecule has 0 atom stereocenters. The van der Waals surface area contributed by atoms with Crippen LogP contribution in [0.3, 0.4) is 0 Å². The van der Waals surface area contributed by atoms with Gasteiger partial charge in [-0.2, -0.15) is 13.2 Å². The van der Waals surface area contributed by atoms with Crippen molar-refractivity contribution < 1.29 is 27.9 Å². The Morgan fingerprint density at radius 2 is 1.95 bits per heavy atom. The highest BCUT2D eigenvalue weighted by Gasteiger charge is 2.31. The number of anilines is 1. The molecule has 0 aliphatic heterocycles. The second-order valence-electron chi connectivity index (χ2n) is 3.89. The first kappa shape index (κ1) is 17.0. The monoisotopic (exact) mass is 366 g/mol. The Morgan fingerprint density at radius 1 is 1.33 bits per heavy atom. The number of nitrogens with one attached hydrogen (secondary N) is 2. The molecule has 0 aliphatic carbocycles. The molecule has 0 unspecified atom stereocenters. The van der Waals surface area contributed by atoms with Crippen LogP contribution in [0, 0.1) is 0 Å². The van der Waals surface area contributed by atoms with E-state index in [0.717, 1.165) is 6.07 Å². The third-order valence-corrected chi connectivity index (χ3v) is 2.55. The number of halogens is 4. The standard InChI is InChI=1S/C12H10BrF3N2O3/c1-6(13)5-17-11(21)18-9-4-7(12(14,15)16)2-3-8(9)10(19)20/h2-4H,1,5H2,(H,19,20)(H2,17,18,21). The Hall–Kier alpha value is -2.03. The van der Waals surface area contributed by atoms with Crippen molar-refractivity contribution in [2.45, 2.75) is 6.18 Å². The van der Waals surface area contributed by atoms with Crippen molar-refractivity contribution in [1.29, 1.82) is 0 Å². The van der Waals surface area contributed by atoms with Gasteiger partial charge < -0.3 is 15.7 Å². The molecule has 0 saturated heterocycles. The Labute approximate surface area is 126 Å². The molecule has 0 fully saturated rings. The summed E-state index contributed by atoms with van der Waals surface area (Å²) in [5.41, 5.74) is -1.96. The summed E-state index contributed by atoms with van der Waals surface area (Å²) in [6.07, 6.45) is -4.64. The summed E-state index contributed by atoms with van der Waals surface area (Å²) >= 11 is 2.98. The number of alkyl halides is 3. The minimum absolute atomic E-state index is 0.0349. The van der Waals surface area contributed by atoms with Gasteiger partial charge in [0, 0.05) is 4.48 Å². The zero-order chi connectivity index (χ0) is 16.2. The van der Waals surface area contributed by atoms with Gasteiger partial charge in [-0.25, -0.2) is 9.59 Å². The number of amides is 2. The van der Waals surface area contributed by atoms with E-state index in [-0.39, 0.29) is 6.54 Å². The number of carbonyl (C=O) groups is 2. The largest absolute Gasteiger partial charge is 0.478 e. The number of rotatable bonds is 4. The van der Waals surface area contributed by atoms with Crippen molar-refractivity contribution in [1.82, 2.24) is 5.32 Å². The van der Waals surface area contributed by atoms with Crippen LogP contribution in [0.2, 0.25) is 0 Å². The highest BCUT2D eigenvalue weighted by Crippen LogP contribution is 2.32. The third kappa shape index (κ3) is 5.10. The zero-order valence-electron chi connectivity index (χ0n) is 10.4. The third-order valence-electron chi connectivity index (χ3n) is 2.27. The van der Waals surface area contributed by atoms with Crippen molar-refractivity contribution in [3.05, 3.63) is 40.4 Å². The molecule has 0 radical (unpaired) electrons. The Kier molecular flexibility index (Phi) is 5.36. The van der Waals surface area contributed by atoms with Crippen molar-refractivity contribution in [3.63, 3.8) is 0 Å². The Balaban J connectivity index is 3.04. The van der Waals surface area contributed by atoms with Crippen LogP contribution in [0.4, 0.5) is 23.7 Å². The predicted molar refractivity (Wildman–Crippen MR) is 73.5 cm³/mol. The number of hydrogen-bond acceptors (Lipinski definition) is 2. The van der Waals surface area contributed by atoms with Crippen LogP contribution >= 0.6 is 15.9 Å². The number of carboxylic acids is 1. The quantitative estimate of drug-likeness (QED) is 0.763. The van der Waals surface area contributed by atoms with Gasteiger partial charge in [-0.05, 0) is 18.2 Å². The molecule has 114 valence electrons. The van der Waals surface area contributed by atoms with E-state index in [9.17, 15) is 22.8 Å². The number of hydrogen-bond donors (Lipinski definition) is 3. The van der Waals surface area contributed by atoms with E-state index in [1.807, 2.05) is 0 Å². The summed E-state index contributed by atoms with van der Waals surface area (Å²) in [6.45, 7) is 3.49. The first-order chi connectivity index (χ1) is 9.61. The van der Waals surface area contributed by atoms with Gasteiger partial charge in [-0.3, -0.25) is 0 Å². The number of carboxylic acid groups (broad SMARTS) is 1. The minimum Gasteiger partial charge on any atom is -0.478 e. The topological polar surface area (TPSA) is 78.4 Å². The van der Waals surface area contributed by atoms with E-state index in [1.165, 1.54) is 0 Å². The van der Waals surface area contributed by atoms with Gasteiger partial charge >= 0.3 is 18.2 Å². The maximum atomic E-state index is 12.6. The number of aromatic carboxylic acids is 1. The summed E-state index contributed by atoms with van der Waals surface area (Å²) in [5.74, 6) is -1.45. The summed E-state index contributed by atoms with van der Waals surface area (Å²) in [4.78, 5) is 22.5. The fraction of sp³-hybridized carbons (Fsp3) is 0.167. The van der Waals surface area contributed by atoms with E-state index in [1.54, 1.807) is 0 Å². The molecule has 0 bridgehead atoms. The van der Waals surface area contributed by atoms with Gasteiger partial charge in [0.1, 0.15) is 0 Å². The maximum absolute atomic E-state index is 12.6. The SMILES string of the molecule is C=C(Br)CNC(=O)Nc1cc(C(F)(F)F)ccc1C(=O)O. The number of urea groups is 1. The van der Waals surface area contributed by atoms with Gasteiger partial charge in [0.25, 0.3) is 0 Å². The lowest BCUT2D eigenvalue weighted by molar-refractivity contribution is -0.137. The van der Waals surface area contributed by atoms with Crippen LogP contribution < -0.4 is 10.6 Å². The van der Waals surface area contributed by atoms with Crippen molar-refractivity contribution in [2.75, 3.05) is 11.9 Å². The second-order valence-corrected chi connectivity index (χ2v) is 5.01. The van der Waals surface area contributed by atoms with E-state index in [2.05, 4.69) is 33.1 Å². The van der Waals surface area contributed by atoms with Gasteiger partial charge in [0.05, 0.1) is 23.4 Å². The predicted octanol–water partition coefficient (Wildman–Crippen LogP) is 3.43. The molecule has 1 aromatic rings. The first-order valence-corrected chi connectivity index (χ1v) is 6.23. The molecule has 3 N–H and O–H groups in total. The van der Waals surface area contributed by atoms with Crippen LogP contribution in [-0.2, 0) is 6.18 Å². The molecule has 0 spiro atoms. The average molecular weight is 367 g/mol. The molecule has 0 aliphatic rings. The van der Waals surface area contributed by atoms with Crippen LogP contribution in [0.5, 0.6) is 0 Å². The Bertz CT molecular complexity index is 588. The lowest BCUT2D eigenvalue weighted by atomic mass is 10.1. The highest BCUT2D eigenvalue weighted by molar-refractivity contribution is 9.11. The average Bonchev–Trinajstić information content (AvgIpc) is 2.34. The first-order valence-electron chi connectivity index (χ1n) is 5.44. The number of carbonyl (C=O) groups excluding carboxylic acids is 1. The molecule has 0 heterocycles. The lowest BCUT2D eigenvalue weighted by Crippen LogP contribution is -2.30. The molecular formula is C12H10BrF3N2O3. The molecule has 2 amide bonds. The summed E-state index contributed by atoms with van der Waals surface area (Å²) in [5, 5.41) is 13.3. The molecule has 0 saturated carbocycles. The van der Waals surface area contributed by atoms with Crippen molar-refractivity contribution in [3.8, 4) is 0 Å². The van der Waals surface area contributed by atoms with Gasteiger partial charge in [-0.15, -0.1) is 0 Å². The summed E-state index contributed by atoms with van der Waals surface area (Å²) < 4.78 is 38.2. The fourth-order valence-electron chi connectivity index (χ4n) is 1.35. The smallest absolute Gasteiger partial charge is 0.416 e. The van der Waals surface area contributed by atoms with E-state index < -0.39 is 35.0 Å². The normalized spacial score (nSPS) is 10.9. The van der Waals surface area contributed by atoms with E-state index in [0.29, 0.717) is 16.6 Å². The van der Waals surface area contributed by atoms with Crippen molar-refractivity contribution in [2.24, 2.45) is 0 Å². The zero-order valence-corrected chi connectivity index (χ0v) is 12.0. The molecule has 5 nitrogen and oxygen atoms in total. The molecule has 21 heavy (non-hydrogen) atoms. The molecular weight excluding hydrogens is 357 g/mol. The second kappa shape index (κ2) is 6.61. The van der Waals surface area contributed by atoms with Gasteiger partial charge in [-0.1, -0.05) is 22.5 Å². The lowest BCUT2D eigenvalue weighted by Gasteiger charge is -2.13. The van der Waals surface area contributed by atoms with Crippen LogP contribution in [-0.4, -0.2) is 23.7 Å². The Morgan fingerprint density at radius 3 is 2.43 bits per heavy atom. The van der Waals surface area contributed by atoms with E-state index in [4.69, 9.17) is 5.11 Å². The number of benzene rings is 1. The van der Waals surface area contributed by atoms with E-state index >= 15 is 0 Å².